The number of urea groups is 1. The zero-order chi connectivity index (χ0) is 22.0. The fourth-order valence-electron chi connectivity index (χ4n) is 4.22. The zero-order valence-electron chi connectivity index (χ0n) is 18.5. The topological polar surface area (TPSA) is 87.7 Å². The second-order valence-electron chi connectivity index (χ2n) is 9.48. The van der Waals surface area contributed by atoms with Crippen molar-refractivity contribution in [3.8, 4) is 5.75 Å². The highest BCUT2D eigenvalue weighted by Gasteiger charge is 2.51. The SMILES string of the molecule is CC[C@]1(c2ccc(OC)cc2)NC(=O)N(CC(=O)NC(C)(C)CC(C)(C)C)C1=O. The summed E-state index contributed by atoms with van der Waals surface area (Å²) in [6.07, 6.45) is 1.13. The van der Waals surface area contributed by atoms with E-state index in [9.17, 15) is 14.4 Å². The van der Waals surface area contributed by atoms with Crippen molar-refractivity contribution >= 4 is 17.8 Å². The third-order valence-electron chi connectivity index (χ3n) is 5.04. The maximum Gasteiger partial charge on any atom is 0.325 e. The van der Waals surface area contributed by atoms with Crippen molar-refractivity contribution in [2.75, 3.05) is 13.7 Å². The van der Waals surface area contributed by atoms with Gasteiger partial charge < -0.3 is 15.4 Å². The quantitative estimate of drug-likeness (QED) is 0.685. The van der Waals surface area contributed by atoms with Crippen LogP contribution >= 0.6 is 0 Å². The van der Waals surface area contributed by atoms with Gasteiger partial charge in [-0.1, -0.05) is 39.8 Å². The Morgan fingerprint density at radius 1 is 1.14 bits per heavy atom. The monoisotopic (exact) mass is 403 g/mol. The number of nitrogens with zero attached hydrogens (tertiary/aromatic N) is 1. The van der Waals surface area contributed by atoms with Crippen LogP contribution < -0.4 is 15.4 Å². The first-order valence-corrected chi connectivity index (χ1v) is 9.93. The lowest BCUT2D eigenvalue weighted by Gasteiger charge is -2.33. The Hall–Kier alpha value is -2.57. The third-order valence-corrected chi connectivity index (χ3v) is 5.04. The molecule has 2 N–H and O–H groups in total. The minimum Gasteiger partial charge on any atom is -0.497 e. The third kappa shape index (κ3) is 5.08. The molecule has 7 nitrogen and oxygen atoms in total. The predicted octanol–water partition coefficient (Wildman–Crippen LogP) is 3.18. The minimum atomic E-state index is -1.18. The van der Waals surface area contributed by atoms with Gasteiger partial charge in [0.2, 0.25) is 5.91 Å². The molecule has 4 amide bonds. The van der Waals surface area contributed by atoms with E-state index in [0.29, 0.717) is 17.7 Å². The van der Waals surface area contributed by atoms with E-state index >= 15 is 0 Å². The van der Waals surface area contributed by atoms with E-state index in [0.717, 1.165) is 11.3 Å². The highest BCUT2D eigenvalue weighted by molar-refractivity contribution is 6.09. The molecular formula is C22H33N3O4. The van der Waals surface area contributed by atoms with Gasteiger partial charge in [0, 0.05) is 5.54 Å². The Labute approximate surface area is 173 Å². The first-order chi connectivity index (χ1) is 13.3. The smallest absolute Gasteiger partial charge is 0.325 e. The van der Waals surface area contributed by atoms with Crippen LogP contribution in [0.4, 0.5) is 4.79 Å². The number of ether oxygens (including phenoxy) is 1. The molecule has 1 aliphatic rings. The van der Waals surface area contributed by atoms with Gasteiger partial charge in [-0.05, 0) is 49.8 Å². The van der Waals surface area contributed by atoms with Crippen LogP contribution in [0.3, 0.4) is 0 Å². The minimum absolute atomic E-state index is 0.0311. The Morgan fingerprint density at radius 3 is 2.21 bits per heavy atom. The Balaban J connectivity index is 2.17. The van der Waals surface area contributed by atoms with E-state index in [1.807, 2.05) is 20.8 Å². The molecule has 1 atom stereocenters. The van der Waals surface area contributed by atoms with Crippen LogP contribution in [0.1, 0.15) is 59.9 Å². The lowest BCUT2D eigenvalue weighted by atomic mass is 9.82. The lowest BCUT2D eigenvalue weighted by Crippen LogP contribution is -2.50. The van der Waals surface area contributed by atoms with Gasteiger partial charge in [0.05, 0.1) is 7.11 Å². The van der Waals surface area contributed by atoms with Gasteiger partial charge in [0.1, 0.15) is 17.8 Å². The predicted molar refractivity (Wildman–Crippen MR) is 112 cm³/mol. The molecule has 7 heteroatoms. The number of hydrogen-bond donors (Lipinski definition) is 2. The molecule has 1 saturated heterocycles. The summed E-state index contributed by atoms with van der Waals surface area (Å²) in [5, 5.41) is 5.75. The Kier molecular flexibility index (Phi) is 6.30. The first kappa shape index (κ1) is 22.7. The normalized spacial score (nSPS) is 19.9. The number of carbonyl (C=O) groups is 3. The number of rotatable bonds is 7. The molecule has 29 heavy (non-hydrogen) atoms. The molecule has 1 aromatic carbocycles. The summed E-state index contributed by atoms with van der Waals surface area (Å²) in [5.41, 5.74) is -0.935. The molecule has 2 rings (SSSR count). The maximum absolute atomic E-state index is 13.2. The molecular weight excluding hydrogens is 370 g/mol. The summed E-state index contributed by atoms with van der Waals surface area (Å²) < 4.78 is 5.17. The van der Waals surface area contributed by atoms with Crippen molar-refractivity contribution in [2.24, 2.45) is 5.41 Å². The Morgan fingerprint density at radius 2 is 1.72 bits per heavy atom. The van der Waals surface area contributed by atoms with E-state index in [2.05, 4.69) is 31.4 Å². The van der Waals surface area contributed by atoms with E-state index < -0.39 is 23.0 Å². The second-order valence-corrected chi connectivity index (χ2v) is 9.48. The maximum atomic E-state index is 13.2. The van der Waals surface area contributed by atoms with Crippen LogP contribution in [0.2, 0.25) is 0 Å². The lowest BCUT2D eigenvalue weighted by molar-refractivity contribution is -0.136. The van der Waals surface area contributed by atoms with Gasteiger partial charge >= 0.3 is 6.03 Å². The molecule has 0 aliphatic carbocycles. The standard InChI is InChI=1S/C22H33N3O4/c1-8-22(15-9-11-16(29-7)12-10-15)18(27)25(19(28)24-22)13-17(26)23-21(5,6)14-20(2,3)4/h9-12H,8,13-14H2,1-7H3,(H,23,26)(H,24,28)/t22-/m1/s1. The van der Waals surface area contributed by atoms with Crippen LogP contribution in [0.15, 0.2) is 24.3 Å². The molecule has 0 saturated carbocycles. The van der Waals surface area contributed by atoms with Crippen molar-refractivity contribution in [3.63, 3.8) is 0 Å². The highest BCUT2D eigenvalue weighted by Crippen LogP contribution is 2.33. The largest absolute Gasteiger partial charge is 0.497 e. The van der Waals surface area contributed by atoms with Crippen LogP contribution in [-0.2, 0) is 15.1 Å². The summed E-state index contributed by atoms with van der Waals surface area (Å²) in [7, 11) is 1.56. The summed E-state index contributed by atoms with van der Waals surface area (Å²) in [6.45, 7) is 11.7. The fraction of sp³-hybridized carbons (Fsp3) is 0.591. The van der Waals surface area contributed by atoms with Crippen molar-refractivity contribution in [3.05, 3.63) is 29.8 Å². The Bertz CT molecular complexity index is 780. The number of methoxy groups -OCH3 is 1. The van der Waals surface area contributed by atoms with Gasteiger partial charge in [-0.15, -0.1) is 0 Å². The van der Waals surface area contributed by atoms with Gasteiger partial charge in [-0.3, -0.25) is 14.5 Å². The summed E-state index contributed by atoms with van der Waals surface area (Å²) in [6, 6.07) is 6.46. The number of hydrogen-bond acceptors (Lipinski definition) is 4. The molecule has 1 fully saturated rings. The van der Waals surface area contributed by atoms with Gasteiger partial charge in [-0.25, -0.2) is 4.79 Å². The molecule has 0 unspecified atom stereocenters. The van der Waals surface area contributed by atoms with Crippen LogP contribution in [0.25, 0.3) is 0 Å². The average Bonchev–Trinajstić information content (AvgIpc) is 2.84. The number of imide groups is 1. The molecule has 0 spiro atoms. The van der Waals surface area contributed by atoms with E-state index in [-0.39, 0.29) is 17.9 Å². The van der Waals surface area contributed by atoms with Crippen molar-refractivity contribution < 1.29 is 19.1 Å². The van der Waals surface area contributed by atoms with Crippen molar-refractivity contribution in [1.82, 2.24) is 15.5 Å². The van der Waals surface area contributed by atoms with Crippen molar-refractivity contribution in [1.29, 1.82) is 0 Å². The van der Waals surface area contributed by atoms with Gasteiger partial charge in [0.25, 0.3) is 5.91 Å². The summed E-state index contributed by atoms with van der Waals surface area (Å²) >= 11 is 0. The van der Waals surface area contributed by atoms with Gasteiger partial charge in [0.15, 0.2) is 0 Å². The summed E-state index contributed by atoms with van der Waals surface area (Å²) in [5.74, 6) is -0.114. The van der Waals surface area contributed by atoms with E-state index in [4.69, 9.17) is 4.74 Å². The highest BCUT2D eigenvalue weighted by atomic mass is 16.5. The van der Waals surface area contributed by atoms with E-state index in [1.54, 1.807) is 31.4 Å². The van der Waals surface area contributed by atoms with Crippen LogP contribution in [0.5, 0.6) is 5.75 Å². The number of benzene rings is 1. The molecule has 1 heterocycles. The van der Waals surface area contributed by atoms with Crippen LogP contribution in [-0.4, -0.2) is 41.9 Å². The van der Waals surface area contributed by atoms with Crippen LogP contribution in [0, 0.1) is 5.41 Å². The molecule has 1 aliphatic heterocycles. The van der Waals surface area contributed by atoms with Crippen molar-refractivity contribution in [2.45, 2.75) is 65.5 Å². The number of carbonyl (C=O) groups excluding carboxylic acids is 3. The molecule has 160 valence electrons. The van der Waals surface area contributed by atoms with Gasteiger partial charge in [-0.2, -0.15) is 0 Å². The molecule has 0 aromatic heterocycles. The fourth-order valence-corrected chi connectivity index (χ4v) is 4.22. The second kappa shape index (κ2) is 8.05. The first-order valence-electron chi connectivity index (χ1n) is 9.93. The molecule has 0 radical (unpaired) electrons. The summed E-state index contributed by atoms with van der Waals surface area (Å²) in [4.78, 5) is 39.4. The molecule has 0 bridgehead atoms. The zero-order valence-corrected chi connectivity index (χ0v) is 18.5. The van der Waals surface area contributed by atoms with E-state index in [1.165, 1.54) is 0 Å². The number of amides is 4. The number of nitrogens with one attached hydrogen (secondary N) is 2. The average molecular weight is 404 g/mol. The molecule has 1 aromatic rings.